The number of halogens is 2. The highest BCUT2D eigenvalue weighted by atomic mass is 79.9. The van der Waals surface area contributed by atoms with Crippen molar-refractivity contribution >= 4 is 39.4 Å². The Labute approximate surface area is 142 Å². The molecule has 3 rings (SSSR count). The molecule has 112 valence electrons. The summed E-state index contributed by atoms with van der Waals surface area (Å²) in [4.78, 5) is 12.7. The van der Waals surface area contributed by atoms with E-state index in [1.54, 1.807) is 13.2 Å². The SMILES string of the molecule is COc1cccc(/C=C2\CCc3ccc(Br)cc3C2=O)c1Cl. The lowest BCUT2D eigenvalue weighted by Gasteiger charge is -2.18. The van der Waals surface area contributed by atoms with Gasteiger partial charge in [-0.25, -0.2) is 0 Å². The lowest BCUT2D eigenvalue weighted by atomic mass is 9.86. The maximum atomic E-state index is 12.7. The number of allylic oxidation sites excluding steroid dienone is 1. The summed E-state index contributed by atoms with van der Waals surface area (Å²) in [6.45, 7) is 0. The molecular weight excluding hydrogens is 364 g/mol. The van der Waals surface area contributed by atoms with Crippen molar-refractivity contribution in [3.8, 4) is 5.75 Å². The third-order valence-corrected chi connectivity index (χ3v) is 4.71. The van der Waals surface area contributed by atoms with E-state index in [1.807, 2.05) is 36.4 Å². The molecule has 0 aromatic heterocycles. The van der Waals surface area contributed by atoms with Crippen LogP contribution in [0, 0.1) is 0 Å². The first-order chi connectivity index (χ1) is 10.6. The molecule has 1 aliphatic carbocycles. The average molecular weight is 378 g/mol. The molecule has 2 aromatic rings. The van der Waals surface area contributed by atoms with Gasteiger partial charge in [-0.3, -0.25) is 4.79 Å². The number of aryl methyl sites for hydroxylation is 1. The van der Waals surface area contributed by atoms with Gasteiger partial charge in [0.2, 0.25) is 0 Å². The number of methoxy groups -OCH3 is 1. The molecule has 0 spiro atoms. The number of ketones is 1. The Hall–Kier alpha value is -1.58. The van der Waals surface area contributed by atoms with Crippen LogP contribution in [-0.4, -0.2) is 12.9 Å². The summed E-state index contributed by atoms with van der Waals surface area (Å²) < 4.78 is 6.14. The van der Waals surface area contributed by atoms with Gasteiger partial charge in [0.05, 0.1) is 12.1 Å². The summed E-state index contributed by atoms with van der Waals surface area (Å²) in [5.41, 5.74) is 3.46. The summed E-state index contributed by atoms with van der Waals surface area (Å²) in [6.07, 6.45) is 3.46. The van der Waals surface area contributed by atoms with E-state index in [0.717, 1.165) is 39.6 Å². The van der Waals surface area contributed by atoms with Gasteiger partial charge in [0.15, 0.2) is 5.78 Å². The van der Waals surface area contributed by atoms with Gasteiger partial charge in [0.1, 0.15) is 5.75 Å². The molecule has 0 atom stereocenters. The van der Waals surface area contributed by atoms with Crippen molar-refractivity contribution in [2.75, 3.05) is 7.11 Å². The maximum absolute atomic E-state index is 12.7. The number of carbonyl (C=O) groups is 1. The molecule has 4 heteroatoms. The average Bonchev–Trinajstić information content (AvgIpc) is 2.52. The number of hydrogen-bond donors (Lipinski definition) is 0. The van der Waals surface area contributed by atoms with Gasteiger partial charge in [0.25, 0.3) is 0 Å². The number of benzene rings is 2. The third kappa shape index (κ3) is 2.83. The number of ether oxygens (including phenoxy) is 1. The summed E-state index contributed by atoms with van der Waals surface area (Å²) >= 11 is 9.74. The smallest absolute Gasteiger partial charge is 0.189 e. The van der Waals surface area contributed by atoms with Crippen LogP contribution >= 0.6 is 27.5 Å². The number of fused-ring (bicyclic) bond motifs is 1. The first-order valence-corrected chi connectivity index (χ1v) is 8.13. The zero-order valence-corrected chi connectivity index (χ0v) is 14.4. The van der Waals surface area contributed by atoms with Crippen molar-refractivity contribution in [2.24, 2.45) is 0 Å². The standard InChI is InChI=1S/C18H14BrClO2/c1-22-16-4-2-3-12(17(16)20)9-13-6-5-11-7-8-14(19)10-15(11)18(13)21/h2-4,7-10H,5-6H2,1H3/b13-9+. The minimum Gasteiger partial charge on any atom is -0.495 e. The molecule has 2 aromatic carbocycles. The summed E-state index contributed by atoms with van der Waals surface area (Å²) in [6, 6.07) is 11.4. The second kappa shape index (κ2) is 6.27. The van der Waals surface area contributed by atoms with E-state index in [0.29, 0.717) is 10.8 Å². The zero-order chi connectivity index (χ0) is 15.7. The molecule has 0 aliphatic heterocycles. The fraction of sp³-hybridized carbons (Fsp3) is 0.167. The molecule has 0 radical (unpaired) electrons. The van der Waals surface area contributed by atoms with E-state index in [9.17, 15) is 4.79 Å². The van der Waals surface area contributed by atoms with Gasteiger partial charge >= 0.3 is 0 Å². The highest BCUT2D eigenvalue weighted by Gasteiger charge is 2.22. The van der Waals surface area contributed by atoms with Crippen molar-refractivity contribution in [3.05, 3.63) is 68.2 Å². The second-order valence-corrected chi connectivity index (χ2v) is 6.46. The van der Waals surface area contributed by atoms with Gasteiger partial charge < -0.3 is 4.74 Å². The second-order valence-electron chi connectivity index (χ2n) is 5.16. The Bertz CT molecular complexity index is 781. The molecular formula is C18H14BrClO2. The van der Waals surface area contributed by atoms with Crippen LogP contribution in [-0.2, 0) is 6.42 Å². The number of Topliss-reactive ketones (excluding diaryl/α,β-unsaturated/α-hetero) is 1. The molecule has 1 aliphatic rings. The largest absolute Gasteiger partial charge is 0.495 e. The fourth-order valence-electron chi connectivity index (χ4n) is 2.66. The van der Waals surface area contributed by atoms with Gasteiger partial charge in [-0.15, -0.1) is 0 Å². The molecule has 2 nitrogen and oxygen atoms in total. The topological polar surface area (TPSA) is 26.3 Å². The van der Waals surface area contributed by atoms with Crippen molar-refractivity contribution in [1.82, 2.24) is 0 Å². The lowest BCUT2D eigenvalue weighted by Crippen LogP contribution is -2.14. The van der Waals surface area contributed by atoms with E-state index >= 15 is 0 Å². The Kier molecular flexibility index (Phi) is 4.37. The van der Waals surface area contributed by atoms with Gasteiger partial charge in [-0.2, -0.15) is 0 Å². The Morgan fingerprint density at radius 2 is 2.05 bits per heavy atom. The molecule has 0 N–H and O–H groups in total. The normalized spacial score (nSPS) is 15.8. The first kappa shape index (κ1) is 15.3. The van der Waals surface area contributed by atoms with Crippen LogP contribution in [0.3, 0.4) is 0 Å². The predicted octanol–water partition coefficient (Wildman–Crippen LogP) is 5.32. The molecule has 0 unspecified atom stereocenters. The lowest BCUT2D eigenvalue weighted by molar-refractivity contribution is 0.102. The van der Waals surface area contributed by atoms with Crippen LogP contribution in [0.5, 0.6) is 5.75 Å². The van der Waals surface area contributed by atoms with Crippen LogP contribution in [0.4, 0.5) is 0 Å². The van der Waals surface area contributed by atoms with E-state index in [1.165, 1.54) is 0 Å². The van der Waals surface area contributed by atoms with Crippen LogP contribution in [0.2, 0.25) is 5.02 Å². The number of carbonyl (C=O) groups excluding carboxylic acids is 1. The molecule has 0 amide bonds. The number of rotatable bonds is 2. The Balaban J connectivity index is 2.02. The highest BCUT2D eigenvalue weighted by molar-refractivity contribution is 9.10. The van der Waals surface area contributed by atoms with Gasteiger partial charge in [-0.05, 0) is 48.2 Å². The Morgan fingerprint density at radius 3 is 2.82 bits per heavy atom. The fourth-order valence-corrected chi connectivity index (χ4v) is 3.27. The maximum Gasteiger partial charge on any atom is 0.189 e. The highest BCUT2D eigenvalue weighted by Crippen LogP contribution is 2.33. The summed E-state index contributed by atoms with van der Waals surface area (Å²) in [7, 11) is 1.58. The monoisotopic (exact) mass is 376 g/mol. The van der Waals surface area contributed by atoms with E-state index < -0.39 is 0 Å². The first-order valence-electron chi connectivity index (χ1n) is 6.96. The van der Waals surface area contributed by atoms with Crippen molar-refractivity contribution in [2.45, 2.75) is 12.8 Å². The zero-order valence-electron chi connectivity index (χ0n) is 12.0. The van der Waals surface area contributed by atoms with Crippen molar-refractivity contribution in [3.63, 3.8) is 0 Å². The molecule has 22 heavy (non-hydrogen) atoms. The molecule has 0 heterocycles. The predicted molar refractivity (Wildman–Crippen MR) is 92.8 cm³/mol. The minimum atomic E-state index is 0.0708. The third-order valence-electron chi connectivity index (χ3n) is 3.81. The molecule has 0 saturated heterocycles. The molecule has 0 fully saturated rings. The van der Waals surface area contributed by atoms with Gasteiger partial charge in [0, 0.05) is 15.6 Å². The molecule has 0 saturated carbocycles. The Morgan fingerprint density at radius 1 is 1.23 bits per heavy atom. The van der Waals surface area contributed by atoms with E-state index in [4.69, 9.17) is 16.3 Å². The van der Waals surface area contributed by atoms with Crippen LogP contribution in [0.1, 0.15) is 27.9 Å². The number of hydrogen-bond acceptors (Lipinski definition) is 2. The van der Waals surface area contributed by atoms with Gasteiger partial charge in [-0.1, -0.05) is 45.7 Å². The van der Waals surface area contributed by atoms with Crippen molar-refractivity contribution < 1.29 is 9.53 Å². The van der Waals surface area contributed by atoms with E-state index in [-0.39, 0.29) is 5.78 Å². The molecule has 0 bridgehead atoms. The minimum absolute atomic E-state index is 0.0708. The van der Waals surface area contributed by atoms with E-state index in [2.05, 4.69) is 15.9 Å². The summed E-state index contributed by atoms with van der Waals surface area (Å²) in [5, 5.41) is 0.533. The quantitative estimate of drug-likeness (QED) is 0.662. The summed E-state index contributed by atoms with van der Waals surface area (Å²) in [5.74, 6) is 0.684. The van der Waals surface area contributed by atoms with Crippen molar-refractivity contribution in [1.29, 1.82) is 0 Å². The van der Waals surface area contributed by atoms with Crippen LogP contribution in [0.15, 0.2) is 46.4 Å². The van der Waals surface area contributed by atoms with Crippen LogP contribution < -0.4 is 4.74 Å². The van der Waals surface area contributed by atoms with Crippen LogP contribution in [0.25, 0.3) is 6.08 Å².